The fraction of sp³-hybridized carbons (Fsp3) is 0.212. The molecule has 4 aromatic rings. The van der Waals surface area contributed by atoms with E-state index in [1.165, 1.54) is 0 Å². The van der Waals surface area contributed by atoms with Gasteiger partial charge in [0.2, 0.25) is 13.6 Å². The van der Waals surface area contributed by atoms with E-state index in [2.05, 4.69) is 30.7 Å². The predicted molar refractivity (Wildman–Crippen MR) is 167 cm³/mol. The van der Waals surface area contributed by atoms with Crippen molar-refractivity contribution < 1.29 is 28.5 Å². The van der Waals surface area contributed by atoms with Gasteiger partial charge in [-0.2, -0.15) is 30.7 Å². The van der Waals surface area contributed by atoms with Gasteiger partial charge in [0.15, 0.2) is 0 Å². The Balaban J connectivity index is 1.26. The molecule has 0 unspecified atom stereocenters. The lowest BCUT2D eigenvalue weighted by Gasteiger charge is -2.06. The Bertz CT molecular complexity index is 1650. The van der Waals surface area contributed by atoms with Crippen molar-refractivity contribution >= 4 is 46.1 Å². The third-order valence-corrected chi connectivity index (χ3v) is 6.01. The molecule has 4 aromatic carbocycles. The molecule has 0 saturated carbocycles. The molecule has 0 aliphatic rings. The first-order chi connectivity index (χ1) is 21.9. The summed E-state index contributed by atoms with van der Waals surface area (Å²) in [6, 6.07) is 26.6. The first-order valence-corrected chi connectivity index (χ1v) is 14.1. The van der Waals surface area contributed by atoms with Gasteiger partial charge in [-0.15, -0.1) is 0 Å². The summed E-state index contributed by atoms with van der Waals surface area (Å²) in [6.07, 6.45) is 0.598. The second kappa shape index (κ2) is 16.8. The van der Waals surface area contributed by atoms with Gasteiger partial charge in [-0.05, 0) is 103 Å². The Morgan fingerprint density at radius 2 is 0.867 bits per heavy atom. The molecule has 0 bridgehead atoms. The smallest absolute Gasteiger partial charge is 0.308 e. The standard InChI is InChI=1S/C33H32N6O6/c1-4-32(40)44-21-42-29-15-10-26(11-16-29)35-34-24-6-8-25(9-7-24)37-39-31-19-14-28(20-23(31)3)38-36-27-12-17-30(18-13-27)43-22-45-33(41)5-2/h6-20H,4-5,21-22H2,1-3H3. The summed E-state index contributed by atoms with van der Waals surface area (Å²) in [6.45, 7) is 5.09. The third kappa shape index (κ3) is 10.8. The van der Waals surface area contributed by atoms with Crippen molar-refractivity contribution in [3.8, 4) is 11.5 Å². The fourth-order valence-corrected chi connectivity index (χ4v) is 3.49. The second-order valence-electron chi connectivity index (χ2n) is 9.34. The van der Waals surface area contributed by atoms with Crippen LogP contribution in [0.2, 0.25) is 0 Å². The highest BCUT2D eigenvalue weighted by Crippen LogP contribution is 2.29. The van der Waals surface area contributed by atoms with Crippen LogP contribution in [0.3, 0.4) is 0 Å². The number of esters is 2. The van der Waals surface area contributed by atoms with Crippen molar-refractivity contribution in [1.82, 2.24) is 0 Å². The number of carbonyl (C=O) groups is 2. The highest BCUT2D eigenvalue weighted by atomic mass is 16.7. The van der Waals surface area contributed by atoms with E-state index in [1.54, 1.807) is 86.6 Å². The molecule has 230 valence electrons. The van der Waals surface area contributed by atoms with Crippen molar-refractivity contribution in [2.75, 3.05) is 13.6 Å². The number of aryl methyl sites for hydroxylation is 1. The number of hydrogen-bond donors (Lipinski definition) is 0. The molecule has 0 fully saturated rings. The monoisotopic (exact) mass is 608 g/mol. The molecule has 0 amide bonds. The molecule has 12 heteroatoms. The van der Waals surface area contributed by atoms with E-state index in [0.717, 1.165) is 5.56 Å². The lowest BCUT2D eigenvalue weighted by molar-refractivity contribution is -0.150. The SMILES string of the molecule is CCC(=O)OCOc1ccc(N=Nc2ccc(N=Nc3ccc(N=Nc4ccc(OCOC(=O)CC)cc4)cc3C)cc2)cc1. The molecule has 4 rings (SSSR count). The summed E-state index contributed by atoms with van der Waals surface area (Å²) in [5.74, 6) is 0.481. The molecule has 0 heterocycles. The van der Waals surface area contributed by atoms with Crippen LogP contribution >= 0.6 is 0 Å². The summed E-state index contributed by atoms with van der Waals surface area (Å²) in [4.78, 5) is 22.3. The summed E-state index contributed by atoms with van der Waals surface area (Å²) in [7, 11) is 0. The molecule has 0 N–H and O–H groups in total. The molecule has 0 aliphatic heterocycles. The number of ether oxygens (including phenoxy) is 4. The van der Waals surface area contributed by atoms with Crippen molar-refractivity contribution in [3.63, 3.8) is 0 Å². The molecule has 0 saturated heterocycles. The van der Waals surface area contributed by atoms with Crippen molar-refractivity contribution in [2.24, 2.45) is 30.7 Å². The van der Waals surface area contributed by atoms with E-state index in [9.17, 15) is 9.59 Å². The van der Waals surface area contributed by atoms with Gasteiger partial charge in [0.05, 0.1) is 34.1 Å². The zero-order chi connectivity index (χ0) is 31.9. The van der Waals surface area contributed by atoms with Crippen LogP contribution in [0.25, 0.3) is 0 Å². The predicted octanol–water partition coefficient (Wildman–Crippen LogP) is 9.82. The Kier molecular flexibility index (Phi) is 12.0. The van der Waals surface area contributed by atoms with Crippen molar-refractivity contribution in [1.29, 1.82) is 0 Å². The summed E-state index contributed by atoms with van der Waals surface area (Å²) in [5.41, 5.74) is 4.89. The van der Waals surface area contributed by atoms with E-state index in [0.29, 0.717) is 58.5 Å². The number of benzene rings is 4. The highest BCUT2D eigenvalue weighted by molar-refractivity contribution is 5.69. The van der Waals surface area contributed by atoms with Crippen LogP contribution in [0, 0.1) is 6.92 Å². The average molecular weight is 609 g/mol. The fourth-order valence-electron chi connectivity index (χ4n) is 3.49. The quantitative estimate of drug-likeness (QED) is 0.0791. The largest absolute Gasteiger partial charge is 0.457 e. The third-order valence-electron chi connectivity index (χ3n) is 6.01. The van der Waals surface area contributed by atoms with Crippen molar-refractivity contribution in [2.45, 2.75) is 33.6 Å². The minimum atomic E-state index is -0.320. The number of nitrogens with zero attached hydrogens (tertiary/aromatic N) is 6. The molecule has 0 atom stereocenters. The first kappa shape index (κ1) is 32.1. The number of rotatable bonds is 14. The van der Waals surface area contributed by atoms with Crippen LogP contribution in [-0.4, -0.2) is 25.5 Å². The molecule has 0 spiro atoms. The second-order valence-corrected chi connectivity index (χ2v) is 9.34. The molecular formula is C33H32N6O6. The van der Waals surface area contributed by atoms with Gasteiger partial charge >= 0.3 is 11.9 Å². The Morgan fingerprint density at radius 3 is 1.27 bits per heavy atom. The lowest BCUT2D eigenvalue weighted by atomic mass is 10.2. The molecule has 0 aromatic heterocycles. The zero-order valence-corrected chi connectivity index (χ0v) is 25.1. The summed E-state index contributed by atoms with van der Waals surface area (Å²) < 4.78 is 20.5. The van der Waals surface area contributed by atoms with Crippen LogP contribution in [0.15, 0.2) is 122 Å². The topological polar surface area (TPSA) is 145 Å². The van der Waals surface area contributed by atoms with E-state index in [4.69, 9.17) is 18.9 Å². The van der Waals surface area contributed by atoms with Crippen LogP contribution in [0.4, 0.5) is 34.1 Å². The summed E-state index contributed by atoms with van der Waals surface area (Å²) in [5, 5.41) is 25.7. The molecular weight excluding hydrogens is 576 g/mol. The van der Waals surface area contributed by atoms with Crippen LogP contribution in [0.5, 0.6) is 11.5 Å². The molecule has 0 radical (unpaired) electrons. The van der Waals surface area contributed by atoms with E-state index >= 15 is 0 Å². The highest BCUT2D eigenvalue weighted by Gasteiger charge is 2.03. The number of carbonyl (C=O) groups excluding carboxylic acids is 2. The lowest BCUT2D eigenvalue weighted by Crippen LogP contribution is -2.08. The van der Waals surface area contributed by atoms with Gasteiger partial charge in [-0.1, -0.05) is 13.8 Å². The van der Waals surface area contributed by atoms with Crippen LogP contribution in [0.1, 0.15) is 32.3 Å². The minimum absolute atomic E-state index is 0.135. The number of azo groups is 3. The first-order valence-electron chi connectivity index (χ1n) is 14.1. The van der Waals surface area contributed by atoms with E-state index < -0.39 is 0 Å². The zero-order valence-electron chi connectivity index (χ0n) is 25.1. The summed E-state index contributed by atoms with van der Waals surface area (Å²) >= 11 is 0. The van der Waals surface area contributed by atoms with Crippen LogP contribution < -0.4 is 9.47 Å². The van der Waals surface area contributed by atoms with Gasteiger partial charge < -0.3 is 18.9 Å². The Labute approximate surface area is 260 Å². The molecule has 12 nitrogen and oxygen atoms in total. The van der Waals surface area contributed by atoms with E-state index in [-0.39, 0.29) is 25.5 Å². The van der Waals surface area contributed by atoms with E-state index in [1.807, 2.05) is 25.1 Å². The van der Waals surface area contributed by atoms with Gasteiger partial charge in [-0.3, -0.25) is 9.59 Å². The Morgan fingerprint density at radius 1 is 0.511 bits per heavy atom. The van der Waals surface area contributed by atoms with Crippen molar-refractivity contribution in [3.05, 3.63) is 96.6 Å². The minimum Gasteiger partial charge on any atom is -0.457 e. The normalized spacial score (nSPS) is 11.3. The van der Waals surface area contributed by atoms with Gasteiger partial charge in [-0.25, -0.2) is 0 Å². The van der Waals surface area contributed by atoms with Gasteiger partial charge in [0.25, 0.3) is 0 Å². The molecule has 0 aliphatic carbocycles. The maximum absolute atomic E-state index is 11.2. The molecule has 45 heavy (non-hydrogen) atoms. The maximum Gasteiger partial charge on any atom is 0.308 e. The maximum atomic E-state index is 11.2. The number of hydrogen-bond acceptors (Lipinski definition) is 12. The van der Waals surface area contributed by atoms with Gasteiger partial charge in [0.1, 0.15) is 11.5 Å². The van der Waals surface area contributed by atoms with Crippen LogP contribution in [-0.2, 0) is 19.1 Å². The van der Waals surface area contributed by atoms with Gasteiger partial charge in [0, 0.05) is 12.8 Å². The Hall–Kier alpha value is -5.78. The average Bonchev–Trinajstić information content (AvgIpc) is 3.07.